The number of aromatic nitrogens is 4. The third-order valence-electron chi connectivity index (χ3n) is 3.46. The molecule has 0 aliphatic carbocycles. The lowest BCUT2D eigenvalue weighted by molar-refractivity contribution is -0.274. The Bertz CT molecular complexity index is 1060. The second kappa shape index (κ2) is 9.56. The normalized spacial score (nSPS) is 11.8. The predicted octanol–water partition coefficient (Wildman–Crippen LogP) is 4.46. The van der Waals surface area contributed by atoms with Gasteiger partial charge in [-0.2, -0.15) is 4.68 Å². The zero-order chi connectivity index (χ0) is 23.4. The molecule has 0 saturated carbocycles. The zero-order valence-corrected chi connectivity index (χ0v) is 17.1. The van der Waals surface area contributed by atoms with E-state index < -0.39 is 23.6 Å². The number of alkyl halides is 6. The molecule has 0 saturated heterocycles. The molecule has 0 bridgehead atoms. The number of halogens is 6. The quantitative estimate of drug-likeness (QED) is 0.280. The summed E-state index contributed by atoms with van der Waals surface area (Å²) in [5, 5.41) is 13.8. The summed E-state index contributed by atoms with van der Waals surface area (Å²) in [4.78, 5) is 12.1. The number of benzene rings is 2. The Hall–Kier alpha value is -3.13. The SMILES string of the molecule is O=C(CSc1nnnn1-c1ccc(OC(F)(F)F)cc1)Nc1ccc(OC(F)(F)Cl)cc1. The van der Waals surface area contributed by atoms with Crippen LogP contribution in [0.1, 0.15) is 0 Å². The predicted molar refractivity (Wildman–Crippen MR) is 103 cm³/mol. The topological polar surface area (TPSA) is 91.2 Å². The van der Waals surface area contributed by atoms with Crippen LogP contribution in [0, 0.1) is 0 Å². The van der Waals surface area contributed by atoms with E-state index in [-0.39, 0.29) is 16.7 Å². The average Bonchev–Trinajstić information content (AvgIpc) is 3.15. The summed E-state index contributed by atoms with van der Waals surface area (Å²) >= 11 is 5.64. The molecule has 1 amide bonds. The van der Waals surface area contributed by atoms with Crippen molar-refractivity contribution in [1.29, 1.82) is 0 Å². The van der Waals surface area contributed by atoms with Gasteiger partial charge in [0.15, 0.2) is 0 Å². The van der Waals surface area contributed by atoms with Gasteiger partial charge in [-0.25, -0.2) is 0 Å². The van der Waals surface area contributed by atoms with Gasteiger partial charge in [-0.05, 0) is 59.0 Å². The van der Waals surface area contributed by atoms with Gasteiger partial charge in [0.05, 0.1) is 11.4 Å². The molecule has 0 atom stereocenters. The summed E-state index contributed by atoms with van der Waals surface area (Å²) < 4.78 is 71.2. The molecule has 2 aromatic carbocycles. The molecule has 3 rings (SSSR count). The Balaban J connectivity index is 1.57. The maximum absolute atomic E-state index is 12.6. The molecule has 0 aliphatic heterocycles. The minimum atomic E-state index is -4.81. The van der Waals surface area contributed by atoms with Crippen molar-refractivity contribution in [2.24, 2.45) is 0 Å². The van der Waals surface area contributed by atoms with Crippen LogP contribution in [0.3, 0.4) is 0 Å². The maximum Gasteiger partial charge on any atom is 0.573 e. The average molecular weight is 496 g/mol. The highest BCUT2D eigenvalue weighted by Crippen LogP contribution is 2.27. The lowest BCUT2D eigenvalue weighted by Gasteiger charge is -2.11. The van der Waals surface area contributed by atoms with E-state index in [1.807, 2.05) is 0 Å². The molecule has 8 nitrogen and oxygen atoms in total. The van der Waals surface area contributed by atoms with Crippen molar-refractivity contribution in [2.75, 3.05) is 11.1 Å². The van der Waals surface area contributed by atoms with E-state index in [0.29, 0.717) is 11.4 Å². The van der Waals surface area contributed by atoms with Crippen molar-refractivity contribution in [3.05, 3.63) is 48.5 Å². The number of nitrogens with zero attached hydrogens (tertiary/aromatic N) is 4. The molecular formula is C17H11ClF5N5O3S. The smallest absolute Gasteiger partial charge is 0.420 e. The van der Waals surface area contributed by atoms with Crippen LogP contribution in [-0.2, 0) is 4.79 Å². The first-order valence-corrected chi connectivity index (χ1v) is 9.78. The standard InChI is InChI=1S/C17H11ClF5N5O3S/c18-16(19,20)30-12-5-1-10(2-6-12)24-14(29)9-32-15-25-26-27-28(15)11-3-7-13(8-4-11)31-17(21,22)23/h1-8H,9H2,(H,24,29). The highest BCUT2D eigenvalue weighted by atomic mass is 35.5. The third kappa shape index (κ3) is 7.23. The van der Waals surface area contributed by atoms with Crippen molar-refractivity contribution < 1.29 is 36.2 Å². The first-order chi connectivity index (χ1) is 15.0. The summed E-state index contributed by atoms with van der Waals surface area (Å²) in [5.41, 5.74) is -3.18. The minimum Gasteiger partial charge on any atom is -0.420 e. The van der Waals surface area contributed by atoms with Gasteiger partial charge in [0, 0.05) is 17.3 Å². The summed E-state index contributed by atoms with van der Waals surface area (Å²) in [6, 6.07) is 9.91. The summed E-state index contributed by atoms with van der Waals surface area (Å²) in [6.45, 7) is 0. The molecule has 0 radical (unpaired) electrons. The van der Waals surface area contributed by atoms with Gasteiger partial charge in [-0.15, -0.1) is 27.1 Å². The Kier molecular flexibility index (Phi) is 7.03. The van der Waals surface area contributed by atoms with E-state index in [0.717, 1.165) is 23.9 Å². The molecule has 1 N–H and O–H groups in total. The van der Waals surface area contributed by atoms with Gasteiger partial charge in [0.25, 0.3) is 0 Å². The third-order valence-corrected chi connectivity index (χ3v) is 4.46. The number of hydrogen-bond donors (Lipinski definition) is 1. The number of amides is 1. The zero-order valence-electron chi connectivity index (χ0n) is 15.5. The van der Waals surface area contributed by atoms with Gasteiger partial charge >= 0.3 is 11.9 Å². The molecule has 3 aromatic rings. The number of nitrogens with one attached hydrogen (secondary N) is 1. The second-order valence-electron chi connectivity index (χ2n) is 5.82. The van der Waals surface area contributed by atoms with Crippen molar-refractivity contribution in [3.63, 3.8) is 0 Å². The highest BCUT2D eigenvalue weighted by molar-refractivity contribution is 7.99. The molecule has 1 aromatic heterocycles. The van der Waals surface area contributed by atoms with Crippen LogP contribution < -0.4 is 14.8 Å². The Morgan fingerprint density at radius 1 is 1.00 bits per heavy atom. The van der Waals surface area contributed by atoms with Crippen molar-refractivity contribution in [2.45, 2.75) is 17.1 Å². The van der Waals surface area contributed by atoms with E-state index in [1.165, 1.54) is 41.1 Å². The monoisotopic (exact) mass is 495 g/mol. The number of carbonyl (C=O) groups is 1. The van der Waals surface area contributed by atoms with Crippen LogP contribution in [-0.4, -0.2) is 43.8 Å². The van der Waals surface area contributed by atoms with Gasteiger partial charge < -0.3 is 14.8 Å². The fraction of sp³-hybridized carbons (Fsp3) is 0.176. The molecule has 170 valence electrons. The van der Waals surface area contributed by atoms with E-state index >= 15 is 0 Å². The molecule has 15 heteroatoms. The number of rotatable bonds is 8. The van der Waals surface area contributed by atoms with Crippen LogP contribution in [0.15, 0.2) is 53.7 Å². The van der Waals surface area contributed by atoms with Crippen molar-refractivity contribution in [1.82, 2.24) is 20.2 Å². The van der Waals surface area contributed by atoms with Gasteiger partial charge in [-0.1, -0.05) is 11.8 Å². The van der Waals surface area contributed by atoms with E-state index in [2.05, 4.69) is 41.9 Å². The Morgan fingerprint density at radius 3 is 2.19 bits per heavy atom. The fourth-order valence-electron chi connectivity index (χ4n) is 2.29. The first kappa shape index (κ1) is 23.5. The number of thioether (sulfide) groups is 1. The fourth-order valence-corrected chi connectivity index (χ4v) is 3.07. The molecule has 0 unspecified atom stereocenters. The molecule has 0 aliphatic rings. The van der Waals surface area contributed by atoms with E-state index in [1.54, 1.807) is 0 Å². The van der Waals surface area contributed by atoms with Gasteiger partial charge in [0.2, 0.25) is 11.1 Å². The number of anilines is 1. The summed E-state index contributed by atoms with van der Waals surface area (Å²) in [7, 11) is 0. The summed E-state index contributed by atoms with van der Waals surface area (Å²) in [6.07, 6.45) is -4.81. The highest BCUT2D eigenvalue weighted by Gasteiger charge is 2.31. The van der Waals surface area contributed by atoms with Crippen LogP contribution in [0.4, 0.5) is 27.6 Å². The van der Waals surface area contributed by atoms with E-state index in [4.69, 9.17) is 0 Å². The number of carbonyl (C=O) groups excluding carboxylic acids is 1. The molecular weight excluding hydrogens is 485 g/mol. The number of tetrazole rings is 1. The van der Waals surface area contributed by atoms with Crippen molar-refractivity contribution >= 4 is 35.0 Å². The summed E-state index contributed by atoms with van der Waals surface area (Å²) in [5.74, 6) is -1.17. The molecule has 0 spiro atoms. The van der Waals surface area contributed by atoms with Crippen LogP contribution >= 0.6 is 23.4 Å². The molecule has 32 heavy (non-hydrogen) atoms. The molecule has 1 heterocycles. The first-order valence-electron chi connectivity index (χ1n) is 8.41. The van der Waals surface area contributed by atoms with Gasteiger partial charge in [-0.3, -0.25) is 4.79 Å². The molecule has 0 fully saturated rings. The van der Waals surface area contributed by atoms with Gasteiger partial charge in [0.1, 0.15) is 11.5 Å². The lowest BCUT2D eigenvalue weighted by Crippen LogP contribution is -2.17. The van der Waals surface area contributed by atoms with Crippen LogP contribution in [0.5, 0.6) is 11.5 Å². The van der Waals surface area contributed by atoms with Crippen molar-refractivity contribution in [3.8, 4) is 17.2 Å². The maximum atomic E-state index is 12.6. The Morgan fingerprint density at radius 2 is 1.59 bits per heavy atom. The van der Waals surface area contributed by atoms with E-state index in [9.17, 15) is 26.7 Å². The lowest BCUT2D eigenvalue weighted by atomic mass is 10.3. The second-order valence-corrected chi connectivity index (χ2v) is 7.21. The number of ether oxygens (including phenoxy) is 2. The van der Waals surface area contributed by atoms with Crippen LogP contribution in [0.2, 0.25) is 0 Å². The minimum absolute atomic E-state index is 0.117. The number of hydrogen-bond acceptors (Lipinski definition) is 7. The largest absolute Gasteiger partial charge is 0.573 e. The Labute approximate surface area is 185 Å². The van der Waals surface area contributed by atoms with Crippen LogP contribution in [0.25, 0.3) is 5.69 Å².